The molecule has 8 nitrogen and oxygen atoms in total. The maximum absolute atomic E-state index is 13.4. The number of non-ortho nitro benzene ring substituents is 1. The van der Waals surface area contributed by atoms with E-state index < -0.39 is 21.1 Å². The first kappa shape index (κ1) is 22.2. The first-order valence-electron chi connectivity index (χ1n) is 10.1. The average molecular weight is 435 g/mol. The van der Waals surface area contributed by atoms with Crippen LogP contribution < -0.4 is 9.21 Å². The first-order chi connectivity index (χ1) is 14.3. The van der Waals surface area contributed by atoms with Crippen LogP contribution in [0.1, 0.15) is 24.8 Å². The Labute approximate surface area is 176 Å². The second kappa shape index (κ2) is 9.55. The zero-order valence-corrected chi connectivity index (χ0v) is 17.8. The lowest BCUT2D eigenvalue weighted by molar-refractivity contribution is -0.907. The third kappa shape index (κ3) is 5.35. The molecule has 0 saturated carbocycles. The summed E-state index contributed by atoms with van der Waals surface area (Å²) < 4.78 is 27.9. The monoisotopic (exact) mass is 434 g/mol. The third-order valence-corrected chi connectivity index (χ3v) is 7.21. The summed E-state index contributed by atoms with van der Waals surface area (Å²) >= 11 is 0. The van der Waals surface area contributed by atoms with Crippen LogP contribution in [0.5, 0.6) is 0 Å². The number of anilines is 1. The van der Waals surface area contributed by atoms with Crippen LogP contribution in [0.4, 0.5) is 11.4 Å². The Kier molecular flexibility index (Phi) is 7.06. The summed E-state index contributed by atoms with van der Waals surface area (Å²) in [4.78, 5) is 12.0. The minimum Gasteiger partial charge on any atom is -0.385 e. The number of nitrogens with one attached hydrogen (secondary N) is 1. The smallest absolute Gasteiger partial charge is 0.271 e. The van der Waals surface area contributed by atoms with Crippen LogP contribution in [0.25, 0.3) is 0 Å². The van der Waals surface area contributed by atoms with Crippen molar-refractivity contribution in [2.45, 2.75) is 37.2 Å². The molecule has 2 N–H and O–H groups in total. The van der Waals surface area contributed by atoms with Crippen molar-refractivity contribution in [3.63, 3.8) is 0 Å². The van der Waals surface area contributed by atoms with Crippen LogP contribution in [-0.2, 0) is 10.0 Å². The summed E-state index contributed by atoms with van der Waals surface area (Å²) in [6.07, 6.45) is 2.48. The van der Waals surface area contributed by atoms with Gasteiger partial charge in [-0.1, -0.05) is 23.8 Å². The van der Waals surface area contributed by atoms with Gasteiger partial charge in [0, 0.05) is 12.1 Å². The molecule has 9 heteroatoms. The maximum Gasteiger partial charge on any atom is 0.271 e. The highest BCUT2D eigenvalue weighted by Gasteiger charge is 2.30. The summed E-state index contributed by atoms with van der Waals surface area (Å²) in [6, 6.07) is 11.9. The molecule has 1 aliphatic heterocycles. The predicted octanol–water partition coefficient (Wildman–Crippen LogP) is 1.53. The zero-order chi connectivity index (χ0) is 21.7. The average Bonchev–Trinajstić information content (AvgIpc) is 2.73. The molecule has 0 bridgehead atoms. The molecule has 2 aromatic carbocycles. The van der Waals surface area contributed by atoms with Gasteiger partial charge in [0.05, 0.1) is 35.1 Å². The Balaban J connectivity index is 1.92. The standard InChI is InChI=1S/C21H27N3O5S/c1-17-8-10-21(11-9-17)30(28,29)23(18-6-5-7-19(14-18)24(26)27)16-20(25)15-22-12-3-2-4-13-22/h5-11,14,20,25H,2-4,12-13,15-16H2,1H3/p+1/t20-/m0/s1. The number of rotatable bonds is 8. The Hall–Kier alpha value is -2.49. The molecule has 3 rings (SSSR count). The number of sulfonamides is 1. The van der Waals surface area contributed by atoms with Gasteiger partial charge in [0.15, 0.2) is 0 Å². The SMILES string of the molecule is Cc1ccc(S(=O)(=O)N(C[C@@H](O)C[NH+]2CCCCC2)c2cccc([N+](=O)[O-])c2)cc1. The van der Waals surface area contributed by atoms with Crippen molar-refractivity contribution in [2.24, 2.45) is 0 Å². The number of piperidine rings is 1. The van der Waals surface area contributed by atoms with E-state index >= 15 is 0 Å². The molecule has 1 heterocycles. The lowest BCUT2D eigenvalue weighted by Crippen LogP contribution is -3.14. The van der Waals surface area contributed by atoms with Crippen molar-refractivity contribution in [1.29, 1.82) is 0 Å². The van der Waals surface area contributed by atoms with Gasteiger partial charge in [-0.15, -0.1) is 0 Å². The molecule has 1 atom stereocenters. The van der Waals surface area contributed by atoms with E-state index in [0.717, 1.165) is 35.8 Å². The zero-order valence-electron chi connectivity index (χ0n) is 17.0. The van der Waals surface area contributed by atoms with E-state index in [0.29, 0.717) is 6.54 Å². The van der Waals surface area contributed by atoms with Crippen LogP contribution in [0.15, 0.2) is 53.4 Å². The molecule has 0 amide bonds. The molecule has 0 aromatic heterocycles. The Morgan fingerprint density at radius 3 is 2.43 bits per heavy atom. The van der Waals surface area contributed by atoms with Gasteiger partial charge >= 0.3 is 0 Å². The fraction of sp³-hybridized carbons (Fsp3) is 0.429. The van der Waals surface area contributed by atoms with Crippen LogP contribution in [0.2, 0.25) is 0 Å². The van der Waals surface area contributed by atoms with E-state index in [1.54, 1.807) is 12.1 Å². The van der Waals surface area contributed by atoms with E-state index in [1.807, 2.05) is 6.92 Å². The maximum atomic E-state index is 13.4. The molecular formula is C21H28N3O5S+. The molecule has 1 saturated heterocycles. The molecule has 0 unspecified atom stereocenters. The van der Waals surface area contributed by atoms with Crippen LogP contribution in [-0.4, -0.2) is 50.7 Å². The minimum atomic E-state index is -4.01. The summed E-state index contributed by atoms with van der Waals surface area (Å²) in [5.74, 6) is 0. The van der Waals surface area contributed by atoms with Crippen molar-refractivity contribution < 1.29 is 23.3 Å². The normalized spacial score (nSPS) is 16.2. The van der Waals surface area contributed by atoms with E-state index in [-0.39, 0.29) is 22.8 Å². The molecule has 1 fully saturated rings. The lowest BCUT2D eigenvalue weighted by atomic mass is 10.1. The molecular weight excluding hydrogens is 406 g/mol. The minimum absolute atomic E-state index is 0.0807. The van der Waals surface area contributed by atoms with Gasteiger partial charge in [0.2, 0.25) is 0 Å². The number of hydrogen-bond donors (Lipinski definition) is 2. The van der Waals surface area contributed by atoms with Crippen molar-refractivity contribution in [2.75, 3.05) is 30.5 Å². The summed E-state index contributed by atoms with van der Waals surface area (Å²) in [7, 11) is -4.01. The number of aryl methyl sites for hydroxylation is 1. The predicted molar refractivity (Wildman–Crippen MR) is 114 cm³/mol. The number of aliphatic hydroxyl groups excluding tert-OH is 1. The van der Waals surface area contributed by atoms with Crippen LogP contribution >= 0.6 is 0 Å². The number of nitro groups is 1. The molecule has 2 aromatic rings. The third-order valence-electron chi connectivity index (χ3n) is 5.40. The number of aliphatic hydroxyl groups is 1. The van der Waals surface area contributed by atoms with Crippen molar-refractivity contribution in [1.82, 2.24) is 0 Å². The summed E-state index contributed by atoms with van der Waals surface area (Å²) in [5, 5.41) is 21.9. The molecule has 0 aliphatic carbocycles. The fourth-order valence-corrected chi connectivity index (χ4v) is 5.28. The number of nitrogens with zero attached hydrogens (tertiary/aromatic N) is 2. The number of likely N-dealkylation sites (tertiary alicyclic amines) is 1. The first-order valence-corrected chi connectivity index (χ1v) is 11.6. The van der Waals surface area contributed by atoms with Gasteiger partial charge in [-0.25, -0.2) is 8.42 Å². The number of hydrogen-bond acceptors (Lipinski definition) is 5. The highest BCUT2D eigenvalue weighted by atomic mass is 32.2. The molecule has 30 heavy (non-hydrogen) atoms. The second-order valence-corrected chi connectivity index (χ2v) is 9.66. The highest BCUT2D eigenvalue weighted by Crippen LogP contribution is 2.27. The van der Waals surface area contributed by atoms with Gasteiger partial charge in [-0.3, -0.25) is 14.4 Å². The van der Waals surface area contributed by atoms with E-state index in [1.165, 1.54) is 47.7 Å². The lowest BCUT2D eigenvalue weighted by Gasteiger charge is -2.30. The van der Waals surface area contributed by atoms with Crippen LogP contribution in [0, 0.1) is 17.0 Å². The molecule has 162 valence electrons. The van der Waals surface area contributed by atoms with E-state index in [9.17, 15) is 23.6 Å². The number of nitro benzene ring substituents is 1. The summed E-state index contributed by atoms with van der Waals surface area (Å²) in [6.45, 7) is 4.05. The van der Waals surface area contributed by atoms with Gasteiger partial charge in [-0.05, 0) is 44.4 Å². The largest absolute Gasteiger partial charge is 0.385 e. The van der Waals surface area contributed by atoms with Crippen molar-refractivity contribution >= 4 is 21.4 Å². The van der Waals surface area contributed by atoms with E-state index in [2.05, 4.69) is 0 Å². The summed E-state index contributed by atoms with van der Waals surface area (Å²) in [5.41, 5.74) is 0.884. The van der Waals surface area contributed by atoms with Gasteiger partial charge < -0.3 is 10.0 Å². The topological polar surface area (TPSA) is 105 Å². The van der Waals surface area contributed by atoms with Crippen molar-refractivity contribution in [3.05, 3.63) is 64.2 Å². The highest BCUT2D eigenvalue weighted by molar-refractivity contribution is 7.92. The second-order valence-electron chi connectivity index (χ2n) is 7.79. The number of quaternary nitrogens is 1. The Bertz CT molecular complexity index is 972. The molecule has 0 spiro atoms. The Morgan fingerprint density at radius 2 is 1.80 bits per heavy atom. The molecule has 0 radical (unpaired) electrons. The van der Waals surface area contributed by atoms with Gasteiger partial charge in [0.1, 0.15) is 12.6 Å². The van der Waals surface area contributed by atoms with Crippen molar-refractivity contribution in [3.8, 4) is 0 Å². The quantitative estimate of drug-likeness (QED) is 0.484. The van der Waals surface area contributed by atoms with Gasteiger partial charge in [0.25, 0.3) is 15.7 Å². The van der Waals surface area contributed by atoms with E-state index in [4.69, 9.17) is 0 Å². The van der Waals surface area contributed by atoms with Crippen LogP contribution in [0.3, 0.4) is 0 Å². The number of benzene rings is 2. The fourth-order valence-electron chi connectivity index (χ4n) is 3.79. The van der Waals surface area contributed by atoms with Gasteiger partial charge in [-0.2, -0.15) is 0 Å². The Morgan fingerprint density at radius 1 is 1.13 bits per heavy atom. The molecule has 1 aliphatic rings.